The van der Waals surface area contributed by atoms with E-state index in [9.17, 15) is 18.0 Å². The number of urea groups is 1. The second-order valence-corrected chi connectivity index (χ2v) is 6.91. The Labute approximate surface area is 167 Å². The van der Waals surface area contributed by atoms with E-state index in [-0.39, 0.29) is 12.6 Å². The molecule has 150 valence electrons. The molecule has 2 aromatic carbocycles. The van der Waals surface area contributed by atoms with Crippen molar-refractivity contribution in [3.05, 3.63) is 76.4 Å². The maximum atomic E-state index is 12.8. The van der Waals surface area contributed by atoms with Crippen molar-refractivity contribution in [2.45, 2.75) is 26.1 Å². The van der Waals surface area contributed by atoms with E-state index in [2.05, 4.69) is 11.4 Å². The Kier molecular flexibility index (Phi) is 5.92. The molecule has 0 unspecified atom stereocenters. The fourth-order valence-electron chi connectivity index (χ4n) is 3.23. The fraction of sp³-hybridized carbons (Fsp3) is 0.273. The molecule has 0 saturated carbocycles. The summed E-state index contributed by atoms with van der Waals surface area (Å²) in [6.07, 6.45) is -1.70. The van der Waals surface area contributed by atoms with Gasteiger partial charge < -0.3 is 10.2 Å². The van der Waals surface area contributed by atoms with Crippen LogP contribution >= 0.6 is 0 Å². The molecule has 0 aromatic heterocycles. The van der Waals surface area contributed by atoms with Gasteiger partial charge in [-0.05, 0) is 59.9 Å². The summed E-state index contributed by atoms with van der Waals surface area (Å²) in [5.41, 5.74) is 3.20. The van der Waals surface area contributed by atoms with Gasteiger partial charge in [0.25, 0.3) is 0 Å². The number of rotatable bonds is 3. The molecule has 0 spiro atoms. The average Bonchev–Trinajstić information content (AvgIpc) is 2.72. The van der Waals surface area contributed by atoms with E-state index in [1.807, 2.05) is 18.2 Å². The number of carbonyl (C=O) groups is 1. The minimum Gasteiger partial charge on any atom is -0.334 e. The van der Waals surface area contributed by atoms with Crippen LogP contribution in [0, 0.1) is 18.3 Å². The largest absolute Gasteiger partial charge is 0.416 e. The summed E-state index contributed by atoms with van der Waals surface area (Å²) >= 11 is 0. The van der Waals surface area contributed by atoms with Crippen molar-refractivity contribution in [3.8, 4) is 6.07 Å². The molecule has 2 amide bonds. The number of carbonyl (C=O) groups excluding carboxylic acids is 1. The number of halogens is 3. The number of amides is 2. The highest BCUT2D eigenvalue weighted by Gasteiger charge is 2.30. The van der Waals surface area contributed by atoms with E-state index in [1.165, 1.54) is 6.07 Å². The molecule has 0 aliphatic carbocycles. The van der Waals surface area contributed by atoms with Crippen LogP contribution in [-0.2, 0) is 12.7 Å². The molecule has 0 saturated heterocycles. The highest BCUT2D eigenvalue weighted by Crippen LogP contribution is 2.30. The van der Waals surface area contributed by atoms with E-state index in [1.54, 1.807) is 24.0 Å². The highest BCUT2D eigenvalue weighted by molar-refractivity contribution is 5.76. The lowest BCUT2D eigenvalue weighted by Gasteiger charge is -2.27. The van der Waals surface area contributed by atoms with E-state index in [0.717, 1.165) is 23.3 Å². The van der Waals surface area contributed by atoms with Crippen molar-refractivity contribution in [3.63, 3.8) is 0 Å². The quantitative estimate of drug-likeness (QED) is 0.799. The number of nitrogens with one attached hydrogen (secondary N) is 1. The smallest absolute Gasteiger partial charge is 0.334 e. The first-order valence-corrected chi connectivity index (χ1v) is 9.17. The summed E-state index contributed by atoms with van der Waals surface area (Å²) in [4.78, 5) is 14.1. The zero-order valence-corrected chi connectivity index (χ0v) is 15.9. The van der Waals surface area contributed by atoms with E-state index in [0.29, 0.717) is 36.2 Å². The van der Waals surface area contributed by atoms with Crippen LogP contribution in [0.4, 0.5) is 18.0 Å². The monoisotopic (exact) mass is 399 g/mol. The first-order valence-electron chi connectivity index (χ1n) is 9.17. The van der Waals surface area contributed by atoms with Crippen LogP contribution in [0.2, 0.25) is 0 Å². The van der Waals surface area contributed by atoms with Gasteiger partial charge in [0.2, 0.25) is 0 Å². The van der Waals surface area contributed by atoms with Gasteiger partial charge >= 0.3 is 12.2 Å². The van der Waals surface area contributed by atoms with Crippen LogP contribution in [-0.4, -0.2) is 24.0 Å². The van der Waals surface area contributed by atoms with Crippen LogP contribution in [0.3, 0.4) is 0 Å². The Bertz CT molecular complexity index is 972. The molecule has 1 heterocycles. The first kappa shape index (κ1) is 20.5. The van der Waals surface area contributed by atoms with Crippen LogP contribution in [0.15, 0.2) is 48.5 Å². The third-order valence-electron chi connectivity index (χ3n) is 4.98. The summed E-state index contributed by atoms with van der Waals surface area (Å²) in [6.45, 7) is 2.77. The van der Waals surface area contributed by atoms with Crippen molar-refractivity contribution in [1.82, 2.24) is 10.2 Å². The third kappa shape index (κ3) is 4.96. The number of aryl methyl sites for hydroxylation is 1. The van der Waals surface area contributed by atoms with E-state index >= 15 is 0 Å². The van der Waals surface area contributed by atoms with Gasteiger partial charge in [-0.15, -0.1) is 0 Å². The lowest BCUT2D eigenvalue weighted by molar-refractivity contribution is -0.137. The molecular formula is C22H20F3N3O. The Hall–Kier alpha value is -3.27. The molecule has 4 nitrogen and oxygen atoms in total. The molecule has 0 bridgehead atoms. The van der Waals surface area contributed by atoms with Gasteiger partial charge in [0, 0.05) is 19.6 Å². The molecule has 1 aliphatic rings. The third-order valence-corrected chi connectivity index (χ3v) is 4.98. The molecule has 3 rings (SSSR count). The molecule has 29 heavy (non-hydrogen) atoms. The Morgan fingerprint density at radius 1 is 1.21 bits per heavy atom. The van der Waals surface area contributed by atoms with Gasteiger partial charge in [-0.1, -0.05) is 24.3 Å². The highest BCUT2D eigenvalue weighted by atomic mass is 19.4. The van der Waals surface area contributed by atoms with Crippen molar-refractivity contribution in [2.75, 3.05) is 13.1 Å². The van der Waals surface area contributed by atoms with Gasteiger partial charge in [0.1, 0.15) is 0 Å². The Morgan fingerprint density at radius 3 is 2.48 bits per heavy atom. The minimum absolute atomic E-state index is 0.172. The Morgan fingerprint density at radius 2 is 1.93 bits per heavy atom. The standard InChI is InChI=1S/C22H20F3N3O/c1-15-12-20(22(23,24)25)7-6-19(15)14-27-21(29)28-10-8-18(9-11-28)17-4-2-16(13-26)3-5-17/h2-8,12H,9-11,14H2,1H3,(H,27,29). The number of benzene rings is 2. The minimum atomic E-state index is -4.38. The lowest BCUT2D eigenvalue weighted by Crippen LogP contribution is -2.41. The topological polar surface area (TPSA) is 56.1 Å². The molecule has 1 aliphatic heterocycles. The summed E-state index contributed by atoms with van der Waals surface area (Å²) < 4.78 is 38.3. The van der Waals surface area contributed by atoms with Crippen molar-refractivity contribution in [1.29, 1.82) is 5.26 Å². The van der Waals surface area contributed by atoms with Gasteiger partial charge in [-0.3, -0.25) is 0 Å². The number of alkyl halides is 3. The summed E-state index contributed by atoms with van der Waals surface area (Å²) in [5, 5.41) is 11.6. The molecule has 2 aromatic rings. The molecule has 0 fully saturated rings. The molecular weight excluding hydrogens is 379 g/mol. The van der Waals surface area contributed by atoms with Gasteiger partial charge in [0.15, 0.2) is 0 Å². The Balaban J connectivity index is 1.57. The van der Waals surface area contributed by atoms with Gasteiger partial charge in [-0.2, -0.15) is 18.4 Å². The predicted octanol–water partition coefficient (Wildman–Crippen LogP) is 4.88. The first-order chi connectivity index (χ1) is 13.8. The summed E-state index contributed by atoms with van der Waals surface area (Å²) in [5.74, 6) is 0. The molecule has 1 N–H and O–H groups in total. The molecule has 0 radical (unpaired) electrons. The van der Waals surface area contributed by atoms with Gasteiger partial charge in [0.05, 0.1) is 17.2 Å². The molecule has 7 heteroatoms. The number of hydrogen-bond donors (Lipinski definition) is 1. The SMILES string of the molecule is Cc1cc(C(F)(F)F)ccc1CNC(=O)N1CC=C(c2ccc(C#N)cc2)CC1. The summed E-state index contributed by atoms with van der Waals surface area (Å²) in [6, 6.07) is 12.7. The second kappa shape index (κ2) is 8.39. The van der Waals surface area contributed by atoms with Crippen LogP contribution < -0.4 is 5.32 Å². The maximum absolute atomic E-state index is 12.8. The van der Waals surface area contributed by atoms with Crippen molar-refractivity contribution >= 4 is 11.6 Å². The second-order valence-electron chi connectivity index (χ2n) is 6.91. The number of nitrogens with zero attached hydrogens (tertiary/aromatic N) is 2. The van der Waals surface area contributed by atoms with Crippen molar-refractivity contribution in [2.24, 2.45) is 0 Å². The zero-order chi connectivity index (χ0) is 21.0. The van der Waals surface area contributed by atoms with Crippen LogP contribution in [0.1, 0.15) is 34.2 Å². The molecule has 0 atom stereocenters. The van der Waals surface area contributed by atoms with Gasteiger partial charge in [-0.25, -0.2) is 4.79 Å². The van der Waals surface area contributed by atoms with E-state index in [4.69, 9.17) is 5.26 Å². The van der Waals surface area contributed by atoms with Crippen LogP contribution in [0.5, 0.6) is 0 Å². The van der Waals surface area contributed by atoms with Crippen molar-refractivity contribution < 1.29 is 18.0 Å². The predicted molar refractivity (Wildman–Crippen MR) is 104 cm³/mol. The maximum Gasteiger partial charge on any atom is 0.416 e. The zero-order valence-electron chi connectivity index (χ0n) is 15.9. The number of nitriles is 1. The van der Waals surface area contributed by atoms with Crippen LogP contribution in [0.25, 0.3) is 5.57 Å². The number of hydrogen-bond acceptors (Lipinski definition) is 2. The average molecular weight is 399 g/mol. The fourth-order valence-corrected chi connectivity index (χ4v) is 3.23. The van der Waals surface area contributed by atoms with E-state index < -0.39 is 11.7 Å². The summed E-state index contributed by atoms with van der Waals surface area (Å²) in [7, 11) is 0. The lowest BCUT2D eigenvalue weighted by atomic mass is 9.99. The normalized spacial score (nSPS) is 14.2.